The predicted octanol–water partition coefficient (Wildman–Crippen LogP) is 7.60. The van der Waals surface area contributed by atoms with E-state index in [1.54, 1.807) is 12.4 Å². The van der Waals surface area contributed by atoms with Gasteiger partial charge in [-0.3, -0.25) is 9.59 Å². The summed E-state index contributed by atoms with van der Waals surface area (Å²) in [6, 6.07) is 34.1. The summed E-state index contributed by atoms with van der Waals surface area (Å²) in [5, 5.41) is 8.12. The molecule has 0 bridgehead atoms. The fourth-order valence-corrected chi connectivity index (χ4v) is 4.14. The summed E-state index contributed by atoms with van der Waals surface area (Å²) < 4.78 is 11.6. The Hall–Kier alpha value is -5.24. The Labute approximate surface area is 252 Å². The Morgan fingerprint density at radius 3 is 1.35 bits per heavy atom. The van der Waals surface area contributed by atoms with Gasteiger partial charge in [0.2, 0.25) is 11.8 Å². The molecule has 0 spiro atoms. The third kappa shape index (κ3) is 12.0. The summed E-state index contributed by atoms with van der Waals surface area (Å²) in [6.07, 6.45) is 8.33. The number of nitrogens with one attached hydrogen (secondary N) is 2. The van der Waals surface area contributed by atoms with Gasteiger partial charge in [-0.2, -0.15) is 10.2 Å². The van der Waals surface area contributed by atoms with Crippen LogP contribution < -0.4 is 20.3 Å². The highest BCUT2D eigenvalue weighted by Crippen LogP contribution is 2.22. The summed E-state index contributed by atoms with van der Waals surface area (Å²) in [7, 11) is 0. The van der Waals surface area contributed by atoms with Crippen molar-refractivity contribution in [1.82, 2.24) is 10.9 Å². The Morgan fingerprint density at radius 1 is 0.512 bits per heavy atom. The van der Waals surface area contributed by atoms with Crippen LogP contribution >= 0.6 is 0 Å². The Bertz CT molecular complexity index is 1380. The predicted molar refractivity (Wildman–Crippen MR) is 170 cm³/mol. The van der Waals surface area contributed by atoms with Crippen LogP contribution in [0.5, 0.6) is 23.0 Å². The summed E-state index contributed by atoms with van der Waals surface area (Å²) in [4.78, 5) is 24.2. The van der Waals surface area contributed by atoms with E-state index < -0.39 is 0 Å². The average molecular weight is 577 g/mol. The minimum absolute atomic E-state index is 0.123. The van der Waals surface area contributed by atoms with Crippen LogP contribution in [0.15, 0.2) is 119 Å². The normalized spacial score (nSPS) is 11.0. The molecule has 0 atom stereocenters. The number of amides is 2. The first-order valence-corrected chi connectivity index (χ1v) is 14.4. The Morgan fingerprint density at radius 2 is 0.907 bits per heavy atom. The first-order valence-electron chi connectivity index (χ1n) is 14.4. The van der Waals surface area contributed by atoms with E-state index in [2.05, 4.69) is 21.1 Å². The highest BCUT2D eigenvalue weighted by Gasteiger charge is 2.03. The van der Waals surface area contributed by atoms with Gasteiger partial charge in [0.1, 0.15) is 23.0 Å². The van der Waals surface area contributed by atoms with Crippen LogP contribution in [0.25, 0.3) is 0 Å². The number of hydrazone groups is 2. The first kappa shape index (κ1) is 30.7. The molecule has 43 heavy (non-hydrogen) atoms. The molecule has 0 aliphatic rings. The van der Waals surface area contributed by atoms with Gasteiger partial charge in [-0.15, -0.1) is 0 Å². The zero-order valence-electron chi connectivity index (χ0n) is 24.0. The molecular weight excluding hydrogens is 540 g/mol. The van der Waals surface area contributed by atoms with E-state index in [9.17, 15) is 9.59 Å². The van der Waals surface area contributed by atoms with Gasteiger partial charge in [0.05, 0.1) is 12.4 Å². The van der Waals surface area contributed by atoms with Gasteiger partial charge in [-0.25, -0.2) is 10.9 Å². The van der Waals surface area contributed by atoms with E-state index in [1.807, 2.05) is 109 Å². The number of hydrogen-bond donors (Lipinski definition) is 2. The summed E-state index contributed by atoms with van der Waals surface area (Å²) in [5.41, 5.74) is 6.81. The number of benzene rings is 4. The number of carbonyl (C=O) groups excluding carboxylic acids is 2. The zero-order valence-corrected chi connectivity index (χ0v) is 24.0. The molecule has 2 N–H and O–H groups in total. The van der Waals surface area contributed by atoms with Gasteiger partial charge < -0.3 is 9.47 Å². The number of para-hydroxylation sites is 2. The molecule has 0 fully saturated rings. The SMILES string of the molecule is O=C(CCCCCCCC(=O)NN=Cc1cccc(Oc2ccccc2)c1)NN=Cc1cccc(Oc2ccccc2)c1. The minimum atomic E-state index is -0.123. The topological polar surface area (TPSA) is 101 Å². The van der Waals surface area contributed by atoms with E-state index in [-0.39, 0.29) is 11.8 Å². The number of ether oxygens (including phenoxy) is 2. The lowest BCUT2D eigenvalue weighted by atomic mass is 10.1. The summed E-state index contributed by atoms with van der Waals surface area (Å²) in [6.45, 7) is 0. The van der Waals surface area contributed by atoms with Crippen LogP contribution in [0.2, 0.25) is 0 Å². The highest BCUT2D eigenvalue weighted by atomic mass is 16.5. The average Bonchev–Trinajstić information content (AvgIpc) is 3.02. The molecule has 4 aromatic rings. The molecule has 0 unspecified atom stereocenters. The minimum Gasteiger partial charge on any atom is -0.457 e. The van der Waals surface area contributed by atoms with Crippen LogP contribution in [0.1, 0.15) is 56.1 Å². The molecular formula is C35H36N4O4. The lowest BCUT2D eigenvalue weighted by Crippen LogP contribution is -2.17. The van der Waals surface area contributed by atoms with Gasteiger partial charge >= 0.3 is 0 Å². The third-order valence-electron chi connectivity index (χ3n) is 6.29. The number of rotatable bonds is 16. The van der Waals surface area contributed by atoms with Crippen molar-refractivity contribution < 1.29 is 19.1 Å². The molecule has 0 heterocycles. The monoisotopic (exact) mass is 576 g/mol. The van der Waals surface area contributed by atoms with Gasteiger partial charge in [0.25, 0.3) is 0 Å². The van der Waals surface area contributed by atoms with Crippen molar-refractivity contribution in [3.63, 3.8) is 0 Å². The van der Waals surface area contributed by atoms with E-state index >= 15 is 0 Å². The first-order chi connectivity index (χ1) is 21.1. The van der Waals surface area contributed by atoms with Crippen molar-refractivity contribution in [3.05, 3.63) is 120 Å². The molecule has 0 aliphatic heterocycles. The number of carbonyl (C=O) groups is 2. The van der Waals surface area contributed by atoms with E-state index in [0.29, 0.717) is 24.3 Å². The molecule has 4 rings (SSSR count). The van der Waals surface area contributed by atoms with Gasteiger partial charge in [0, 0.05) is 12.8 Å². The van der Waals surface area contributed by atoms with Crippen LogP contribution in [0.3, 0.4) is 0 Å². The summed E-state index contributed by atoms with van der Waals surface area (Å²) in [5.74, 6) is 2.66. The maximum absolute atomic E-state index is 12.1. The number of hydrogen-bond acceptors (Lipinski definition) is 6. The Balaban J connectivity index is 1.03. The lowest BCUT2D eigenvalue weighted by Gasteiger charge is -2.06. The standard InChI is InChI=1S/C35H36N4O4/c40-34(38-36-26-28-14-12-20-32(24-28)42-30-16-6-4-7-17-30)22-10-2-1-3-11-23-35(41)39-37-27-29-15-13-21-33(25-29)43-31-18-8-5-9-19-31/h4-9,12-21,24-27H,1-3,10-11,22-23H2,(H,38,40)(H,39,41). The van der Waals surface area contributed by atoms with Crippen molar-refractivity contribution in [2.24, 2.45) is 10.2 Å². The van der Waals surface area contributed by atoms with Gasteiger partial charge in [-0.1, -0.05) is 79.9 Å². The molecule has 2 amide bonds. The van der Waals surface area contributed by atoms with E-state index in [0.717, 1.165) is 54.7 Å². The van der Waals surface area contributed by atoms with E-state index in [1.165, 1.54) is 0 Å². The van der Waals surface area contributed by atoms with Crippen molar-refractivity contribution >= 4 is 24.2 Å². The number of unbranched alkanes of at least 4 members (excludes halogenated alkanes) is 4. The van der Waals surface area contributed by atoms with Crippen LogP contribution in [0.4, 0.5) is 0 Å². The molecule has 0 saturated carbocycles. The molecule has 220 valence electrons. The zero-order chi connectivity index (χ0) is 30.0. The fourth-order valence-electron chi connectivity index (χ4n) is 4.14. The maximum Gasteiger partial charge on any atom is 0.240 e. The third-order valence-corrected chi connectivity index (χ3v) is 6.29. The summed E-state index contributed by atoms with van der Waals surface area (Å²) >= 11 is 0. The van der Waals surface area contributed by atoms with Crippen LogP contribution in [-0.4, -0.2) is 24.2 Å². The van der Waals surface area contributed by atoms with E-state index in [4.69, 9.17) is 9.47 Å². The van der Waals surface area contributed by atoms with Crippen molar-refractivity contribution in [2.75, 3.05) is 0 Å². The molecule has 4 aromatic carbocycles. The molecule has 0 saturated heterocycles. The van der Waals surface area contributed by atoms with Gasteiger partial charge in [0.15, 0.2) is 0 Å². The number of nitrogens with zero attached hydrogens (tertiary/aromatic N) is 2. The second kappa shape index (κ2) is 17.5. The molecule has 8 heteroatoms. The second-order valence-electron chi connectivity index (χ2n) is 9.83. The Kier molecular flexibility index (Phi) is 12.5. The van der Waals surface area contributed by atoms with Crippen molar-refractivity contribution in [2.45, 2.75) is 44.9 Å². The molecule has 0 aliphatic carbocycles. The maximum atomic E-state index is 12.1. The fraction of sp³-hybridized carbons (Fsp3) is 0.200. The van der Waals surface area contributed by atoms with Crippen LogP contribution in [0, 0.1) is 0 Å². The van der Waals surface area contributed by atoms with Crippen molar-refractivity contribution in [3.8, 4) is 23.0 Å². The molecule has 0 radical (unpaired) electrons. The largest absolute Gasteiger partial charge is 0.457 e. The second-order valence-corrected chi connectivity index (χ2v) is 9.83. The van der Waals surface area contributed by atoms with Gasteiger partial charge in [-0.05, 0) is 72.5 Å². The lowest BCUT2D eigenvalue weighted by molar-refractivity contribution is -0.121. The smallest absolute Gasteiger partial charge is 0.240 e. The highest BCUT2D eigenvalue weighted by molar-refractivity contribution is 5.83. The van der Waals surface area contributed by atoms with Crippen LogP contribution in [-0.2, 0) is 9.59 Å². The molecule has 0 aromatic heterocycles. The van der Waals surface area contributed by atoms with Crippen molar-refractivity contribution in [1.29, 1.82) is 0 Å². The quantitative estimate of drug-likeness (QED) is 0.0814. The molecule has 8 nitrogen and oxygen atoms in total.